The fourth-order valence-corrected chi connectivity index (χ4v) is 2.15. The van der Waals surface area contributed by atoms with E-state index in [1.54, 1.807) is 6.07 Å². The lowest BCUT2D eigenvalue weighted by Crippen LogP contribution is -2.14. The molecule has 0 amide bonds. The van der Waals surface area contributed by atoms with Gasteiger partial charge in [0.15, 0.2) is 0 Å². The van der Waals surface area contributed by atoms with E-state index in [9.17, 15) is 8.42 Å². The summed E-state index contributed by atoms with van der Waals surface area (Å²) in [7, 11) is -2.34. The molecule has 6 heteroatoms. The fraction of sp³-hybridized carbons (Fsp3) is 0.400. The van der Waals surface area contributed by atoms with Crippen LogP contribution < -0.4 is 15.6 Å². The number of sulfonamides is 1. The van der Waals surface area contributed by atoms with Crippen molar-refractivity contribution in [3.63, 3.8) is 0 Å². The van der Waals surface area contributed by atoms with E-state index in [2.05, 4.69) is 0 Å². The standard InChI is InChI=1S/C10H16N2O3S/c1-15-9-5-4-8(3-2-6-11)7-10(9)16(12,13)14/h4-5,7H,2-3,6,11H2,1H3,(H2,12,13,14). The Balaban J connectivity index is 3.12. The van der Waals surface area contributed by atoms with E-state index in [0.29, 0.717) is 6.54 Å². The Morgan fingerprint density at radius 3 is 2.56 bits per heavy atom. The monoisotopic (exact) mass is 244 g/mol. The predicted octanol–water partition coefficient (Wildman–Crippen LogP) is 0.234. The minimum atomic E-state index is -3.75. The highest BCUT2D eigenvalue weighted by molar-refractivity contribution is 7.89. The summed E-state index contributed by atoms with van der Waals surface area (Å²) in [4.78, 5) is 0.0181. The summed E-state index contributed by atoms with van der Waals surface area (Å²) in [5, 5.41) is 5.10. The number of aryl methyl sites for hydroxylation is 1. The number of benzene rings is 1. The van der Waals surface area contributed by atoms with E-state index < -0.39 is 10.0 Å². The lowest BCUT2D eigenvalue weighted by atomic mass is 10.1. The Labute approximate surface area is 95.4 Å². The number of hydrogen-bond donors (Lipinski definition) is 2. The van der Waals surface area contributed by atoms with Crippen LogP contribution in [0.25, 0.3) is 0 Å². The lowest BCUT2D eigenvalue weighted by molar-refractivity contribution is 0.402. The maximum absolute atomic E-state index is 11.3. The van der Waals surface area contributed by atoms with Crippen molar-refractivity contribution in [3.8, 4) is 5.75 Å². The molecule has 0 saturated heterocycles. The number of rotatable bonds is 5. The molecule has 0 fully saturated rings. The molecule has 0 saturated carbocycles. The van der Waals surface area contributed by atoms with Crippen LogP contribution in [0.15, 0.2) is 23.1 Å². The van der Waals surface area contributed by atoms with Gasteiger partial charge in [-0.15, -0.1) is 0 Å². The Hall–Kier alpha value is -1.11. The number of primary sulfonamides is 1. The first kappa shape index (κ1) is 13.0. The maximum Gasteiger partial charge on any atom is 0.241 e. The van der Waals surface area contributed by atoms with Gasteiger partial charge in [-0.2, -0.15) is 0 Å². The molecule has 1 rings (SSSR count). The molecule has 4 N–H and O–H groups in total. The quantitative estimate of drug-likeness (QED) is 0.775. The van der Waals surface area contributed by atoms with Crippen LogP contribution in [0.1, 0.15) is 12.0 Å². The topological polar surface area (TPSA) is 95.4 Å². The highest BCUT2D eigenvalue weighted by Gasteiger charge is 2.15. The summed E-state index contributed by atoms with van der Waals surface area (Å²) in [6.07, 6.45) is 1.53. The molecule has 0 radical (unpaired) electrons. The minimum Gasteiger partial charge on any atom is -0.495 e. The molecule has 0 atom stereocenters. The van der Waals surface area contributed by atoms with Crippen molar-refractivity contribution in [1.29, 1.82) is 0 Å². The van der Waals surface area contributed by atoms with Crippen LogP contribution in [-0.4, -0.2) is 22.1 Å². The zero-order valence-electron chi connectivity index (χ0n) is 9.14. The van der Waals surface area contributed by atoms with Gasteiger partial charge in [-0.25, -0.2) is 13.6 Å². The first-order valence-corrected chi connectivity index (χ1v) is 6.43. The molecule has 0 aliphatic rings. The van der Waals surface area contributed by atoms with Crippen LogP contribution >= 0.6 is 0 Å². The molecule has 5 nitrogen and oxygen atoms in total. The van der Waals surface area contributed by atoms with E-state index in [4.69, 9.17) is 15.6 Å². The molecular weight excluding hydrogens is 228 g/mol. The Bertz CT molecular complexity index is 457. The summed E-state index contributed by atoms with van der Waals surface area (Å²) in [5.41, 5.74) is 6.27. The van der Waals surface area contributed by atoms with Crippen molar-refractivity contribution in [2.24, 2.45) is 10.9 Å². The molecule has 0 aliphatic carbocycles. The second-order valence-corrected chi connectivity index (χ2v) is 4.95. The van der Waals surface area contributed by atoms with Crippen molar-refractivity contribution in [2.75, 3.05) is 13.7 Å². The maximum atomic E-state index is 11.3. The second-order valence-electron chi connectivity index (χ2n) is 3.42. The van der Waals surface area contributed by atoms with Gasteiger partial charge in [-0.05, 0) is 37.1 Å². The van der Waals surface area contributed by atoms with E-state index in [1.165, 1.54) is 13.2 Å². The van der Waals surface area contributed by atoms with Crippen LogP contribution in [0.4, 0.5) is 0 Å². The normalized spacial score (nSPS) is 11.4. The SMILES string of the molecule is COc1ccc(CCCN)cc1S(N)(=O)=O. The Kier molecular flexibility index (Phi) is 4.28. The van der Waals surface area contributed by atoms with E-state index in [-0.39, 0.29) is 10.6 Å². The van der Waals surface area contributed by atoms with Gasteiger partial charge < -0.3 is 10.5 Å². The zero-order valence-corrected chi connectivity index (χ0v) is 9.96. The summed E-state index contributed by atoms with van der Waals surface area (Å²) in [6, 6.07) is 4.94. The van der Waals surface area contributed by atoms with Crippen molar-refractivity contribution in [2.45, 2.75) is 17.7 Å². The van der Waals surface area contributed by atoms with Crippen LogP contribution in [0, 0.1) is 0 Å². The van der Waals surface area contributed by atoms with Gasteiger partial charge in [0.25, 0.3) is 0 Å². The smallest absolute Gasteiger partial charge is 0.241 e. The molecule has 0 bridgehead atoms. The molecule has 90 valence electrons. The van der Waals surface area contributed by atoms with Crippen molar-refractivity contribution in [1.82, 2.24) is 0 Å². The summed E-state index contributed by atoms with van der Waals surface area (Å²) < 4.78 is 27.6. The van der Waals surface area contributed by atoms with Crippen LogP contribution in [0.3, 0.4) is 0 Å². The van der Waals surface area contributed by atoms with E-state index in [1.807, 2.05) is 6.07 Å². The van der Waals surface area contributed by atoms with Gasteiger partial charge in [0, 0.05) is 0 Å². The molecule has 0 heterocycles. The number of ether oxygens (including phenoxy) is 1. The zero-order chi connectivity index (χ0) is 12.2. The second kappa shape index (κ2) is 5.29. The largest absolute Gasteiger partial charge is 0.495 e. The van der Waals surface area contributed by atoms with Gasteiger partial charge in [-0.1, -0.05) is 6.07 Å². The van der Waals surface area contributed by atoms with Crippen LogP contribution in [-0.2, 0) is 16.4 Å². The Morgan fingerprint density at radius 2 is 2.06 bits per heavy atom. The van der Waals surface area contributed by atoms with E-state index in [0.717, 1.165) is 18.4 Å². The van der Waals surface area contributed by atoms with Crippen LogP contribution in [0.2, 0.25) is 0 Å². The molecule has 0 aliphatic heterocycles. The number of nitrogens with two attached hydrogens (primary N) is 2. The summed E-state index contributed by atoms with van der Waals surface area (Å²) >= 11 is 0. The minimum absolute atomic E-state index is 0.0181. The number of hydrogen-bond acceptors (Lipinski definition) is 4. The molecule has 0 unspecified atom stereocenters. The average molecular weight is 244 g/mol. The molecule has 0 spiro atoms. The highest BCUT2D eigenvalue weighted by Crippen LogP contribution is 2.24. The highest BCUT2D eigenvalue weighted by atomic mass is 32.2. The summed E-state index contributed by atoms with van der Waals surface area (Å²) in [5.74, 6) is 0.263. The van der Waals surface area contributed by atoms with Gasteiger partial charge >= 0.3 is 0 Å². The lowest BCUT2D eigenvalue weighted by Gasteiger charge is -2.08. The molecule has 1 aromatic rings. The third-order valence-corrected chi connectivity index (χ3v) is 3.14. The van der Waals surface area contributed by atoms with Crippen molar-refractivity contribution < 1.29 is 13.2 Å². The number of methoxy groups -OCH3 is 1. The van der Waals surface area contributed by atoms with Crippen molar-refractivity contribution in [3.05, 3.63) is 23.8 Å². The van der Waals surface area contributed by atoms with Gasteiger partial charge in [0.05, 0.1) is 7.11 Å². The molecule has 0 aromatic heterocycles. The van der Waals surface area contributed by atoms with E-state index >= 15 is 0 Å². The molecule has 1 aromatic carbocycles. The average Bonchev–Trinajstić information content (AvgIpc) is 2.24. The Morgan fingerprint density at radius 1 is 1.38 bits per heavy atom. The third kappa shape index (κ3) is 3.19. The first-order valence-electron chi connectivity index (χ1n) is 4.89. The molecular formula is C10H16N2O3S. The van der Waals surface area contributed by atoms with Gasteiger partial charge in [0.1, 0.15) is 10.6 Å². The fourth-order valence-electron chi connectivity index (χ4n) is 1.41. The predicted molar refractivity (Wildman–Crippen MR) is 61.7 cm³/mol. The van der Waals surface area contributed by atoms with Crippen LogP contribution in [0.5, 0.6) is 5.75 Å². The van der Waals surface area contributed by atoms with Crippen molar-refractivity contribution >= 4 is 10.0 Å². The van der Waals surface area contributed by atoms with Gasteiger partial charge in [0.2, 0.25) is 10.0 Å². The van der Waals surface area contributed by atoms with Gasteiger partial charge in [-0.3, -0.25) is 0 Å². The first-order chi connectivity index (χ1) is 7.49. The third-order valence-electron chi connectivity index (χ3n) is 2.20. The summed E-state index contributed by atoms with van der Waals surface area (Å²) in [6.45, 7) is 0.566. The molecule has 16 heavy (non-hydrogen) atoms.